The molecular weight excluding hydrogens is 694 g/mol. The largest absolute Gasteiger partial charge is 0.458 e. The van der Waals surface area contributed by atoms with Gasteiger partial charge in [-0.1, -0.05) is 31.2 Å². The summed E-state index contributed by atoms with van der Waals surface area (Å²) in [6.07, 6.45) is 9.87. The number of ether oxygens (including phenoxy) is 7. The van der Waals surface area contributed by atoms with Crippen molar-refractivity contribution in [3.63, 3.8) is 0 Å². The molecule has 3 aliphatic heterocycles. The van der Waals surface area contributed by atoms with Crippen molar-refractivity contribution in [2.45, 2.75) is 153 Å². The number of likely N-dealkylation sites (N-methyl/N-ethyl adjacent to an activating group) is 1. The molecule has 3 aliphatic carbocycles. The zero-order valence-electron chi connectivity index (χ0n) is 33.5. The molecule has 3 heterocycles. The van der Waals surface area contributed by atoms with E-state index in [9.17, 15) is 19.8 Å². The number of allylic oxidation sites excluding steroid dienone is 4. The van der Waals surface area contributed by atoms with Gasteiger partial charge in [-0.15, -0.1) is 0 Å². The molecule has 3 saturated heterocycles. The molecule has 0 bridgehead atoms. The van der Waals surface area contributed by atoms with Crippen molar-refractivity contribution in [1.29, 1.82) is 0 Å². The molecule has 0 radical (unpaired) electrons. The quantitative estimate of drug-likeness (QED) is 0.255. The first-order chi connectivity index (χ1) is 25.8. The first-order valence-electron chi connectivity index (χ1n) is 20.3. The Balaban J connectivity index is 1.22. The van der Waals surface area contributed by atoms with Crippen molar-refractivity contribution in [1.82, 2.24) is 4.90 Å². The Hall–Kier alpha value is -2.00. The highest BCUT2D eigenvalue weighted by Gasteiger charge is 2.52. The molecule has 0 aromatic carbocycles. The number of aliphatic hydroxyl groups excluding tert-OH is 2. The predicted molar refractivity (Wildman–Crippen MR) is 200 cm³/mol. The zero-order chi connectivity index (χ0) is 38.8. The second kappa shape index (κ2) is 18.1. The fourth-order valence-electron chi connectivity index (χ4n) is 10.2. The molecule has 1 saturated carbocycles. The summed E-state index contributed by atoms with van der Waals surface area (Å²) < 4.78 is 43.0. The first-order valence-corrected chi connectivity index (χ1v) is 20.3. The lowest BCUT2D eigenvalue weighted by Gasteiger charge is -2.42. The number of cyclic esters (lactones) is 1. The minimum atomic E-state index is -0.899. The van der Waals surface area contributed by atoms with E-state index >= 15 is 0 Å². The van der Waals surface area contributed by atoms with Crippen LogP contribution in [0, 0.1) is 35.5 Å². The molecule has 6 unspecified atom stereocenters. The number of hydrogen-bond acceptors (Lipinski definition) is 12. The minimum Gasteiger partial charge on any atom is -0.458 e. The Labute approximate surface area is 321 Å². The van der Waals surface area contributed by atoms with Crippen LogP contribution >= 0.6 is 0 Å². The van der Waals surface area contributed by atoms with Gasteiger partial charge in [0.2, 0.25) is 0 Å². The molecule has 18 atom stereocenters. The maximum Gasteiger partial charge on any atom is 0.307 e. The summed E-state index contributed by atoms with van der Waals surface area (Å²) in [6, 6.07) is 0.302. The van der Waals surface area contributed by atoms with Crippen LogP contribution in [-0.2, 0) is 42.7 Å². The van der Waals surface area contributed by atoms with E-state index in [1.807, 2.05) is 13.8 Å². The van der Waals surface area contributed by atoms with Crippen LogP contribution in [0.2, 0.25) is 0 Å². The number of rotatable bonds is 9. The highest BCUT2D eigenvalue weighted by atomic mass is 16.7. The SMILES string of the molecule is CO[C@@H]1[C@@H](O)[C@@H](OC)[C@H](O[C@@H]2CC3C=CC4C5CC(=O)O[C@@H](C=CC(C)O)CCC[C@H](O[C@H]6CC[C@H](N(C)C)[C@@H](C)O6)[C@@H](C)C(=O)C5=CC4C3C2)O[C@H]1C. The number of aliphatic hydroxyl groups is 2. The van der Waals surface area contributed by atoms with Gasteiger partial charge in [0.1, 0.15) is 24.4 Å². The second-order valence-electron chi connectivity index (χ2n) is 16.9. The lowest BCUT2D eigenvalue weighted by Crippen LogP contribution is -2.59. The van der Waals surface area contributed by atoms with Gasteiger partial charge in [0.25, 0.3) is 0 Å². The van der Waals surface area contributed by atoms with Crippen molar-refractivity contribution in [2.24, 2.45) is 35.5 Å². The van der Waals surface area contributed by atoms with E-state index in [1.165, 1.54) is 7.11 Å². The van der Waals surface area contributed by atoms with Crippen molar-refractivity contribution in [3.8, 4) is 0 Å². The molecule has 6 aliphatic rings. The summed E-state index contributed by atoms with van der Waals surface area (Å²) in [5.41, 5.74) is 0.692. The Morgan fingerprint density at radius 1 is 0.926 bits per heavy atom. The van der Waals surface area contributed by atoms with E-state index in [0.717, 1.165) is 25.7 Å². The third-order valence-electron chi connectivity index (χ3n) is 13.1. The predicted octanol–water partition coefficient (Wildman–Crippen LogP) is 4.36. The summed E-state index contributed by atoms with van der Waals surface area (Å²) in [6.45, 7) is 7.58. The standard InChI is InChI=1S/C42H65NO11/c1-22(44)12-14-27-10-9-11-35(54-37-17-16-34(43(5)6)24(3)50-37)23(2)38(46)33-20-31-29(32(33)21-36(45)52-27)15-13-26-18-28(19-30(26)31)53-42-41(49-8)39(47)40(48-7)25(4)51-42/h12-15,20,22-32,34-35,37,39-42,44,47H,9-11,16-19,21H2,1-8H3/t22?,23-,24-,25+,26?,27-,28-,29?,30?,31?,32?,34+,35+,37+,39-,40+,41-,42+/m1/s1. The molecule has 0 aromatic rings. The molecule has 6 rings (SSSR count). The first kappa shape index (κ1) is 41.6. The van der Waals surface area contributed by atoms with Crippen LogP contribution in [0.3, 0.4) is 0 Å². The number of hydrogen-bond donors (Lipinski definition) is 2. The normalized spacial score (nSPS) is 45.2. The fourth-order valence-corrected chi connectivity index (χ4v) is 10.2. The van der Waals surface area contributed by atoms with Gasteiger partial charge in [-0.2, -0.15) is 0 Å². The minimum absolute atomic E-state index is 0.00444. The van der Waals surface area contributed by atoms with Crippen LogP contribution in [0.25, 0.3) is 0 Å². The highest BCUT2D eigenvalue weighted by molar-refractivity contribution is 5.99. The molecule has 0 spiro atoms. The van der Waals surface area contributed by atoms with E-state index in [-0.39, 0.29) is 72.2 Å². The second-order valence-corrected chi connectivity index (χ2v) is 16.9. The van der Waals surface area contributed by atoms with Gasteiger partial charge >= 0.3 is 5.97 Å². The smallest absolute Gasteiger partial charge is 0.307 e. The molecule has 2 N–H and O–H groups in total. The average Bonchev–Trinajstić information content (AvgIpc) is 3.70. The van der Waals surface area contributed by atoms with Crippen LogP contribution in [0.15, 0.2) is 36.0 Å². The van der Waals surface area contributed by atoms with Crippen LogP contribution < -0.4 is 0 Å². The molecule has 12 nitrogen and oxygen atoms in total. The van der Waals surface area contributed by atoms with Crippen LogP contribution in [0.5, 0.6) is 0 Å². The number of carbonyl (C=O) groups excluding carboxylic acids is 2. The fraction of sp³-hybridized carbons (Fsp3) is 0.810. The van der Waals surface area contributed by atoms with Crippen LogP contribution in [0.1, 0.15) is 79.1 Å². The summed E-state index contributed by atoms with van der Waals surface area (Å²) >= 11 is 0. The van der Waals surface area contributed by atoms with Gasteiger partial charge in [0.05, 0.1) is 36.9 Å². The van der Waals surface area contributed by atoms with Gasteiger partial charge in [0.15, 0.2) is 18.4 Å². The number of Topliss-reactive ketones (excluding diaryl/α,β-unsaturated/α-hetero) is 1. The molecule has 0 aromatic heterocycles. The van der Waals surface area contributed by atoms with Gasteiger partial charge < -0.3 is 48.3 Å². The summed E-state index contributed by atoms with van der Waals surface area (Å²) in [5, 5.41) is 20.9. The van der Waals surface area contributed by atoms with E-state index in [1.54, 1.807) is 26.2 Å². The lowest BCUT2D eigenvalue weighted by atomic mass is 9.70. The summed E-state index contributed by atoms with van der Waals surface area (Å²) in [5.74, 6) is -0.640. The summed E-state index contributed by atoms with van der Waals surface area (Å²) in [7, 11) is 7.23. The Morgan fingerprint density at radius 3 is 2.37 bits per heavy atom. The Kier molecular flexibility index (Phi) is 13.9. The number of carbonyl (C=O) groups is 2. The molecule has 4 fully saturated rings. The van der Waals surface area contributed by atoms with Gasteiger partial charge in [-0.05, 0) is 115 Å². The number of methoxy groups -OCH3 is 2. The van der Waals surface area contributed by atoms with Gasteiger partial charge in [0, 0.05) is 32.1 Å². The van der Waals surface area contributed by atoms with Gasteiger partial charge in [-0.25, -0.2) is 0 Å². The molecule has 54 heavy (non-hydrogen) atoms. The number of nitrogens with zero attached hydrogens (tertiary/aromatic N) is 1. The molecule has 12 heteroatoms. The Bertz CT molecular complexity index is 1380. The van der Waals surface area contributed by atoms with Crippen LogP contribution in [0.4, 0.5) is 0 Å². The monoisotopic (exact) mass is 759 g/mol. The topological polar surface area (TPSA) is 142 Å². The van der Waals surface area contributed by atoms with Crippen molar-refractivity contribution in [3.05, 3.63) is 36.0 Å². The third kappa shape index (κ3) is 9.08. The van der Waals surface area contributed by atoms with E-state index in [4.69, 9.17) is 33.2 Å². The lowest BCUT2D eigenvalue weighted by molar-refractivity contribution is -0.311. The zero-order valence-corrected chi connectivity index (χ0v) is 33.5. The van der Waals surface area contributed by atoms with Gasteiger partial charge in [-0.3, -0.25) is 9.59 Å². The van der Waals surface area contributed by atoms with E-state index < -0.39 is 49.0 Å². The Morgan fingerprint density at radius 2 is 1.69 bits per heavy atom. The van der Waals surface area contributed by atoms with Crippen molar-refractivity contribution < 1.29 is 53.0 Å². The van der Waals surface area contributed by atoms with Crippen LogP contribution in [-0.4, -0.2) is 129 Å². The number of fused-ring (bicyclic) bond motifs is 5. The van der Waals surface area contributed by atoms with Crippen molar-refractivity contribution in [2.75, 3.05) is 28.3 Å². The van der Waals surface area contributed by atoms with E-state index in [0.29, 0.717) is 30.9 Å². The maximum absolute atomic E-state index is 14.7. The highest BCUT2D eigenvalue weighted by Crippen LogP contribution is 2.54. The maximum atomic E-state index is 14.7. The number of ketones is 1. The molecule has 304 valence electrons. The molecular formula is C42H65NO11. The van der Waals surface area contributed by atoms with Crippen molar-refractivity contribution >= 4 is 11.8 Å². The molecule has 0 amide bonds. The number of esters is 1. The average molecular weight is 760 g/mol. The summed E-state index contributed by atoms with van der Waals surface area (Å²) in [4.78, 5) is 30.5. The third-order valence-corrected chi connectivity index (χ3v) is 13.1. The van der Waals surface area contributed by atoms with E-state index in [2.05, 4.69) is 44.1 Å².